The van der Waals surface area contributed by atoms with Gasteiger partial charge in [-0.3, -0.25) is 0 Å². The van der Waals surface area contributed by atoms with Crippen LogP contribution in [0.5, 0.6) is 0 Å². The van der Waals surface area contributed by atoms with Gasteiger partial charge in [-0.25, -0.2) is 4.79 Å². The molecule has 4 nitrogen and oxygen atoms in total. The minimum absolute atomic E-state index is 0.0765. The number of halogens is 3. The van der Waals surface area contributed by atoms with Crippen molar-refractivity contribution in [3.05, 3.63) is 0 Å². The molecule has 0 atom stereocenters. The van der Waals surface area contributed by atoms with Gasteiger partial charge in [0, 0.05) is 6.61 Å². The van der Waals surface area contributed by atoms with Crippen LogP contribution < -0.4 is 0 Å². The van der Waals surface area contributed by atoms with Gasteiger partial charge < -0.3 is 14.2 Å². The number of hydrogen-bond donors (Lipinski definition) is 0. The molecule has 0 radical (unpaired) electrons. The van der Waals surface area contributed by atoms with E-state index in [9.17, 15) is 18.0 Å². The quantitative estimate of drug-likeness (QED) is 0.492. The van der Waals surface area contributed by atoms with Gasteiger partial charge in [-0.1, -0.05) is 13.8 Å². The van der Waals surface area contributed by atoms with Crippen LogP contribution in [-0.2, 0) is 19.0 Å². The van der Waals surface area contributed by atoms with E-state index in [4.69, 9.17) is 9.47 Å². The molecule has 0 aromatic heterocycles. The van der Waals surface area contributed by atoms with Crippen LogP contribution in [0.15, 0.2) is 0 Å². The summed E-state index contributed by atoms with van der Waals surface area (Å²) in [5, 5.41) is 0. The minimum Gasteiger partial charge on any atom is -0.457 e. The average molecular weight is 258 g/mol. The fraction of sp³-hybridized carbons (Fsp3) is 0.900. The normalized spacial score (nSPS) is 11.9. The Morgan fingerprint density at radius 2 is 1.59 bits per heavy atom. The number of ether oxygens (including phenoxy) is 3. The first kappa shape index (κ1) is 16.2. The van der Waals surface area contributed by atoms with Crippen LogP contribution >= 0.6 is 0 Å². The van der Waals surface area contributed by atoms with Gasteiger partial charge in [0.15, 0.2) is 0 Å². The van der Waals surface area contributed by atoms with Crippen molar-refractivity contribution in [2.75, 3.05) is 33.0 Å². The van der Waals surface area contributed by atoms with Crippen molar-refractivity contribution in [2.45, 2.75) is 20.0 Å². The molecule has 0 aromatic rings. The Morgan fingerprint density at radius 3 is 2.12 bits per heavy atom. The summed E-state index contributed by atoms with van der Waals surface area (Å²) in [6, 6.07) is 0. The van der Waals surface area contributed by atoms with Crippen LogP contribution in [0.3, 0.4) is 0 Å². The topological polar surface area (TPSA) is 44.8 Å². The smallest absolute Gasteiger partial charge is 0.457 e. The Morgan fingerprint density at radius 1 is 1.06 bits per heavy atom. The molecule has 0 amide bonds. The summed E-state index contributed by atoms with van der Waals surface area (Å²) in [5.41, 5.74) is 0. The van der Waals surface area contributed by atoms with Crippen molar-refractivity contribution in [3.63, 3.8) is 0 Å². The van der Waals surface area contributed by atoms with E-state index < -0.39 is 18.8 Å². The van der Waals surface area contributed by atoms with E-state index in [2.05, 4.69) is 4.74 Å². The molecule has 0 heterocycles. The molecule has 0 aliphatic rings. The molecule has 7 heteroatoms. The van der Waals surface area contributed by atoms with E-state index in [0.29, 0.717) is 19.1 Å². The van der Waals surface area contributed by atoms with E-state index >= 15 is 0 Å². The zero-order valence-corrected chi connectivity index (χ0v) is 9.88. The number of esters is 1. The molecule has 0 bridgehead atoms. The van der Waals surface area contributed by atoms with Gasteiger partial charge in [-0.15, -0.1) is 0 Å². The molecule has 0 unspecified atom stereocenters. The Hall–Kier alpha value is -0.820. The minimum atomic E-state index is -4.94. The number of carbonyl (C=O) groups is 1. The molecule has 0 saturated carbocycles. The highest BCUT2D eigenvalue weighted by molar-refractivity contribution is 5.75. The molecule has 102 valence electrons. The second-order valence-corrected chi connectivity index (χ2v) is 3.71. The lowest BCUT2D eigenvalue weighted by Crippen LogP contribution is -2.26. The maximum absolute atomic E-state index is 11.7. The molecule has 0 fully saturated rings. The summed E-state index contributed by atoms with van der Waals surface area (Å²) < 4.78 is 49.0. The van der Waals surface area contributed by atoms with Crippen LogP contribution in [0.4, 0.5) is 13.2 Å². The zero-order chi connectivity index (χ0) is 13.3. The van der Waals surface area contributed by atoms with Crippen molar-refractivity contribution in [1.82, 2.24) is 0 Å². The number of rotatable bonds is 8. The van der Waals surface area contributed by atoms with E-state index in [0.717, 1.165) is 0 Å². The molecule has 0 N–H and O–H groups in total. The van der Waals surface area contributed by atoms with E-state index in [1.54, 1.807) is 0 Å². The summed E-state index contributed by atoms with van der Waals surface area (Å²) in [5.74, 6) is -1.78. The van der Waals surface area contributed by atoms with Gasteiger partial charge in [-0.05, 0) is 5.92 Å². The van der Waals surface area contributed by atoms with Crippen LogP contribution in [0.2, 0.25) is 0 Å². The monoisotopic (exact) mass is 258 g/mol. The Balaban J connectivity index is 3.27. The predicted octanol–water partition coefficient (Wildman–Crippen LogP) is 1.78. The van der Waals surface area contributed by atoms with Crippen molar-refractivity contribution < 1.29 is 32.2 Å². The highest BCUT2D eigenvalue weighted by Crippen LogP contribution is 2.16. The standard InChI is InChI=1S/C10H17F3O4/c1-8(2)7-16-4-3-15-5-6-17-9(14)10(11,12)13/h8H,3-7H2,1-2H3. The molecule has 0 aliphatic carbocycles. The highest BCUT2D eigenvalue weighted by atomic mass is 19.4. The number of alkyl halides is 3. The van der Waals surface area contributed by atoms with E-state index in [1.165, 1.54) is 0 Å². The number of carbonyl (C=O) groups excluding carboxylic acids is 1. The van der Waals surface area contributed by atoms with E-state index in [1.807, 2.05) is 13.8 Å². The first-order valence-corrected chi connectivity index (χ1v) is 5.23. The van der Waals surface area contributed by atoms with Gasteiger partial charge in [-0.2, -0.15) is 13.2 Å². The highest BCUT2D eigenvalue weighted by Gasteiger charge is 2.40. The van der Waals surface area contributed by atoms with Crippen molar-refractivity contribution in [1.29, 1.82) is 0 Å². The summed E-state index contributed by atoms with van der Waals surface area (Å²) in [6.07, 6.45) is -4.94. The van der Waals surface area contributed by atoms with Crippen LogP contribution in [-0.4, -0.2) is 45.2 Å². The van der Waals surface area contributed by atoms with Gasteiger partial charge in [0.25, 0.3) is 0 Å². The van der Waals surface area contributed by atoms with Crippen molar-refractivity contribution in [3.8, 4) is 0 Å². The SMILES string of the molecule is CC(C)COCCOCCOC(=O)C(F)(F)F. The third-order valence-corrected chi connectivity index (χ3v) is 1.52. The molecule has 0 aromatic carbocycles. The molecule has 0 saturated heterocycles. The van der Waals surface area contributed by atoms with Gasteiger partial charge in [0.2, 0.25) is 0 Å². The second kappa shape index (κ2) is 8.30. The first-order chi connectivity index (χ1) is 7.84. The third kappa shape index (κ3) is 10.1. The first-order valence-electron chi connectivity index (χ1n) is 5.23. The number of hydrogen-bond acceptors (Lipinski definition) is 4. The van der Waals surface area contributed by atoms with Gasteiger partial charge >= 0.3 is 12.1 Å². The summed E-state index contributed by atoms with van der Waals surface area (Å²) in [4.78, 5) is 10.2. The van der Waals surface area contributed by atoms with Crippen LogP contribution in [0, 0.1) is 5.92 Å². The average Bonchev–Trinajstić information content (AvgIpc) is 2.19. The zero-order valence-electron chi connectivity index (χ0n) is 9.88. The maximum Gasteiger partial charge on any atom is 0.490 e. The predicted molar refractivity (Wildman–Crippen MR) is 53.5 cm³/mol. The lowest BCUT2D eigenvalue weighted by molar-refractivity contribution is -0.200. The molecule has 0 aliphatic heterocycles. The van der Waals surface area contributed by atoms with Crippen molar-refractivity contribution >= 4 is 5.97 Å². The Bertz CT molecular complexity index is 216. The summed E-state index contributed by atoms with van der Waals surface area (Å²) in [7, 11) is 0. The second-order valence-electron chi connectivity index (χ2n) is 3.71. The fourth-order valence-corrected chi connectivity index (χ4v) is 0.814. The molecule has 17 heavy (non-hydrogen) atoms. The fourth-order valence-electron chi connectivity index (χ4n) is 0.814. The van der Waals surface area contributed by atoms with E-state index in [-0.39, 0.29) is 13.2 Å². The third-order valence-electron chi connectivity index (χ3n) is 1.52. The molecule has 0 spiro atoms. The maximum atomic E-state index is 11.7. The Labute approximate surface area is 98.0 Å². The van der Waals surface area contributed by atoms with Gasteiger partial charge in [0.1, 0.15) is 6.61 Å². The summed E-state index contributed by atoms with van der Waals surface area (Å²) >= 11 is 0. The van der Waals surface area contributed by atoms with Crippen LogP contribution in [0.1, 0.15) is 13.8 Å². The summed E-state index contributed by atoms with van der Waals surface area (Å²) in [6.45, 7) is 4.73. The van der Waals surface area contributed by atoms with Crippen molar-refractivity contribution in [2.24, 2.45) is 5.92 Å². The lowest BCUT2D eigenvalue weighted by Gasteiger charge is -2.09. The van der Waals surface area contributed by atoms with Crippen LogP contribution in [0.25, 0.3) is 0 Å². The largest absolute Gasteiger partial charge is 0.490 e. The lowest BCUT2D eigenvalue weighted by atomic mass is 10.2. The Kier molecular flexibility index (Phi) is 7.90. The molecular formula is C10H17F3O4. The van der Waals surface area contributed by atoms with Gasteiger partial charge in [0.05, 0.1) is 19.8 Å². The molecule has 0 rings (SSSR count). The molecular weight excluding hydrogens is 241 g/mol.